The summed E-state index contributed by atoms with van der Waals surface area (Å²) >= 11 is 6.07. The lowest BCUT2D eigenvalue weighted by Gasteiger charge is -2.27. The Bertz CT molecular complexity index is 1850. The zero-order valence-electron chi connectivity index (χ0n) is 20.2. The van der Waals surface area contributed by atoms with Crippen LogP contribution in [0.1, 0.15) is 22.9 Å². The Kier molecular flexibility index (Phi) is 5.77. The summed E-state index contributed by atoms with van der Waals surface area (Å²) in [5.74, 6) is 0.842. The summed E-state index contributed by atoms with van der Waals surface area (Å²) in [5.41, 5.74) is 5.26. The third-order valence-corrected chi connectivity index (χ3v) is 6.47. The average molecular weight is 530 g/mol. The van der Waals surface area contributed by atoms with Crippen molar-refractivity contribution in [3.8, 4) is 5.75 Å². The summed E-state index contributed by atoms with van der Waals surface area (Å²) in [6.45, 7) is 1.82. The lowest BCUT2D eigenvalue weighted by atomic mass is 10.1. The molecule has 0 bridgehead atoms. The van der Waals surface area contributed by atoms with Gasteiger partial charge in [-0.3, -0.25) is 5.43 Å². The molecule has 0 saturated heterocycles. The molecule has 10 heteroatoms. The van der Waals surface area contributed by atoms with E-state index in [1.54, 1.807) is 41.4 Å². The van der Waals surface area contributed by atoms with E-state index in [2.05, 4.69) is 10.6 Å². The summed E-state index contributed by atoms with van der Waals surface area (Å²) in [4.78, 5) is 30.8. The third-order valence-electron chi connectivity index (χ3n) is 6.24. The van der Waals surface area contributed by atoms with Gasteiger partial charge in [0, 0.05) is 39.6 Å². The van der Waals surface area contributed by atoms with Gasteiger partial charge in [0.15, 0.2) is 5.84 Å². The Morgan fingerprint density at radius 2 is 1.79 bits per heavy atom. The van der Waals surface area contributed by atoms with Crippen LogP contribution in [0.5, 0.6) is 5.75 Å². The molecule has 0 aliphatic carbocycles. The molecule has 3 heterocycles. The molecule has 3 aromatic carbocycles. The van der Waals surface area contributed by atoms with Gasteiger partial charge in [-0.2, -0.15) is 0 Å². The van der Waals surface area contributed by atoms with Crippen LogP contribution in [0, 0.1) is 6.92 Å². The highest BCUT2D eigenvalue weighted by molar-refractivity contribution is 6.31. The number of nitrogens with one attached hydrogen (secondary N) is 1. The maximum Gasteiger partial charge on any atom is 0.345 e. The second kappa shape index (κ2) is 9.28. The van der Waals surface area contributed by atoms with Crippen molar-refractivity contribution in [2.45, 2.75) is 13.2 Å². The molecule has 0 amide bonds. The molecule has 2 aromatic heterocycles. The van der Waals surface area contributed by atoms with Gasteiger partial charge in [0.2, 0.25) is 0 Å². The van der Waals surface area contributed by atoms with Crippen LogP contribution in [0.4, 0.5) is 5.69 Å². The number of methoxy groups -OCH3 is 1. The Hall–Kier alpha value is -4.76. The molecule has 5 aromatic rings. The number of nitrogens with zero attached hydrogens (tertiary/aromatic N) is 2. The van der Waals surface area contributed by atoms with Gasteiger partial charge in [-0.25, -0.2) is 14.6 Å². The maximum atomic E-state index is 13.1. The Morgan fingerprint density at radius 1 is 0.974 bits per heavy atom. The van der Waals surface area contributed by atoms with E-state index in [0.717, 1.165) is 11.1 Å². The minimum absolute atomic E-state index is 0.226. The second-order valence-electron chi connectivity index (χ2n) is 8.69. The number of fused-ring (bicyclic) bond motifs is 2. The van der Waals surface area contributed by atoms with E-state index < -0.39 is 17.5 Å². The van der Waals surface area contributed by atoms with Crippen LogP contribution in [-0.2, 0) is 4.84 Å². The number of halogens is 1. The number of amidine groups is 1. The summed E-state index contributed by atoms with van der Waals surface area (Å²) in [6.07, 6.45) is -0.975. The van der Waals surface area contributed by atoms with E-state index in [1.165, 1.54) is 13.2 Å². The van der Waals surface area contributed by atoms with Crippen LogP contribution in [0.15, 0.2) is 96.4 Å². The molecule has 0 radical (unpaired) electrons. The SMILES string of the molecule is COc1cc2oc(=O)cc(C)c2cc1NN1C(c2ccccc2)=NOC1c1cc2ccc(Cl)cc2oc1=O. The Labute approximate surface area is 220 Å². The summed E-state index contributed by atoms with van der Waals surface area (Å²) < 4.78 is 16.5. The predicted molar refractivity (Wildman–Crippen MR) is 144 cm³/mol. The summed E-state index contributed by atoms with van der Waals surface area (Å²) in [7, 11) is 1.51. The largest absolute Gasteiger partial charge is 0.494 e. The van der Waals surface area contributed by atoms with Crippen LogP contribution in [-0.4, -0.2) is 18.0 Å². The van der Waals surface area contributed by atoms with Crippen LogP contribution in [0.3, 0.4) is 0 Å². The molecule has 1 unspecified atom stereocenters. The molecule has 0 spiro atoms. The highest BCUT2D eigenvalue weighted by Gasteiger charge is 2.36. The standard InChI is InChI=1S/C28H20ClN3O6/c1-15-10-25(33)36-23-14-24(35-2)21(13-19(15)23)30-32-26(16-6-4-3-5-7-16)31-38-27(32)20-11-17-8-9-18(29)12-22(17)37-28(20)34/h3-14,27,30H,1-2H3. The number of oxime groups is 1. The first-order valence-corrected chi connectivity index (χ1v) is 12.0. The maximum absolute atomic E-state index is 13.1. The molecule has 38 heavy (non-hydrogen) atoms. The summed E-state index contributed by atoms with van der Waals surface area (Å²) in [5, 5.41) is 7.77. The zero-order valence-corrected chi connectivity index (χ0v) is 21.0. The van der Waals surface area contributed by atoms with Crippen molar-refractivity contribution in [1.82, 2.24) is 5.01 Å². The minimum atomic E-state index is -0.975. The number of anilines is 1. The number of benzene rings is 3. The third kappa shape index (κ3) is 4.12. The molecule has 0 fully saturated rings. The molecular weight excluding hydrogens is 510 g/mol. The van der Waals surface area contributed by atoms with Gasteiger partial charge in [-0.05, 0) is 36.8 Å². The first-order chi connectivity index (χ1) is 18.4. The van der Waals surface area contributed by atoms with E-state index in [1.807, 2.05) is 37.3 Å². The van der Waals surface area contributed by atoms with Crippen molar-refractivity contribution < 1.29 is 18.4 Å². The first-order valence-electron chi connectivity index (χ1n) is 11.6. The fourth-order valence-electron chi connectivity index (χ4n) is 4.39. The van der Waals surface area contributed by atoms with Crippen LogP contribution in [0.2, 0.25) is 5.02 Å². The van der Waals surface area contributed by atoms with Gasteiger partial charge in [0.25, 0.3) is 6.23 Å². The number of hydrogen-bond donors (Lipinski definition) is 1. The fourth-order valence-corrected chi connectivity index (χ4v) is 4.56. The normalized spacial score (nSPS) is 15.0. The molecule has 1 N–H and O–H groups in total. The number of hydrazine groups is 1. The van der Waals surface area contributed by atoms with Crippen molar-refractivity contribution >= 4 is 45.1 Å². The minimum Gasteiger partial charge on any atom is -0.494 e. The molecule has 0 saturated carbocycles. The van der Waals surface area contributed by atoms with Crippen molar-refractivity contribution in [1.29, 1.82) is 0 Å². The van der Waals surface area contributed by atoms with E-state index in [4.69, 9.17) is 30.0 Å². The van der Waals surface area contributed by atoms with Gasteiger partial charge >= 0.3 is 11.3 Å². The Balaban J connectivity index is 1.48. The number of ether oxygens (including phenoxy) is 1. The number of hydrogen-bond acceptors (Lipinski definition) is 9. The average Bonchev–Trinajstić information content (AvgIpc) is 3.31. The summed E-state index contributed by atoms with van der Waals surface area (Å²) in [6, 6.07) is 21.0. The molecule has 1 aliphatic heterocycles. The van der Waals surface area contributed by atoms with Gasteiger partial charge in [0.1, 0.15) is 22.5 Å². The first kappa shape index (κ1) is 23.6. The van der Waals surface area contributed by atoms with Crippen LogP contribution >= 0.6 is 11.6 Å². The molecule has 190 valence electrons. The van der Waals surface area contributed by atoms with Crippen molar-refractivity contribution in [3.63, 3.8) is 0 Å². The van der Waals surface area contributed by atoms with Crippen LogP contribution in [0.25, 0.3) is 21.9 Å². The van der Waals surface area contributed by atoms with E-state index >= 15 is 0 Å². The number of rotatable bonds is 5. The lowest BCUT2D eigenvalue weighted by Crippen LogP contribution is -2.38. The van der Waals surface area contributed by atoms with Gasteiger partial charge in [-0.15, -0.1) is 0 Å². The van der Waals surface area contributed by atoms with Crippen molar-refractivity contribution in [2.24, 2.45) is 5.16 Å². The van der Waals surface area contributed by atoms with E-state index in [0.29, 0.717) is 44.2 Å². The molecular formula is C28H20ClN3O6. The molecule has 9 nitrogen and oxygen atoms in total. The Morgan fingerprint density at radius 3 is 2.58 bits per heavy atom. The molecule has 1 aliphatic rings. The highest BCUT2D eigenvalue weighted by atomic mass is 35.5. The van der Waals surface area contributed by atoms with Gasteiger partial charge in [0.05, 0.1) is 12.8 Å². The number of aryl methyl sites for hydroxylation is 1. The molecule has 6 rings (SSSR count). The fraction of sp³-hybridized carbons (Fsp3) is 0.107. The lowest BCUT2D eigenvalue weighted by molar-refractivity contribution is 0.0163. The smallest absolute Gasteiger partial charge is 0.345 e. The second-order valence-corrected chi connectivity index (χ2v) is 9.13. The monoisotopic (exact) mass is 529 g/mol. The van der Waals surface area contributed by atoms with Gasteiger partial charge in [-0.1, -0.05) is 47.1 Å². The zero-order chi connectivity index (χ0) is 26.4. The van der Waals surface area contributed by atoms with Gasteiger partial charge < -0.3 is 18.4 Å². The topological polar surface area (TPSA) is 107 Å². The highest BCUT2D eigenvalue weighted by Crippen LogP contribution is 2.36. The van der Waals surface area contributed by atoms with Crippen molar-refractivity contribution in [3.05, 3.63) is 115 Å². The quantitative estimate of drug-likeness (QED) is 0.294. The van der Waals surface area contributed by atoms with E-state index in [9.17, 15) is 9.59 Å². The van der Waals surface area contributed by atoms with E-state index in [-0.39, 0.29) is 5.56 Å². The predicted octanol–water partition coefficient (Wildman–Crippen LogP) is 5.59. The molecule has 1 atom stereocenters. The van der Waals surface area contributed by atoms with Crippen molar-refractivity contribution in [2.75, 3.05) is 12.5 Å². The van der Waals surface area contributed by atoms with Crippen LogP contribution < -0.4 is 21.4 Å².